The van der Waals surface area contributed by atoms with E-state index in [1.807, 2.05) is 5.32 Å². The number of benzene rings is 1. The van der Waals surface area contributed by atoms with Crippen LogP contribution in [0.1, 0.15) is 26.3 Å². The molecule has 1 rings (SSSR count). The fourth-order valence-electron chi connectivity index (χ4n) is 1.55. The van der Waals surface area contributed by atoms with Gasteiger partial charge in [0.2, 0.25) is 0 Å². The molecule has 6 nitrogen and oxygen atoms in total. The molecule has 7 heteroatoms. The Balaban J connectivity index is 2.51. The number of ether oxygens (including phenoxy) is 1. The molecule has 0 aromatic heterocycles. The van der Waals surface area contributed by atoms with Gasteiger partial charge in [0.15, 0.2) is 6.10 Å². The number of urea groups is 1. The Hall–Kier alpha value is -2.70. The molecule has 124 valence electrons. The normalized spacial score (nSPS) is 12.0. The van der Waals surface area contributed by atoms with Gasteiger partial charge in [-0.05, 0) is 32.9 Å². The average Bonchev–Trinajstić information content (AvgIpc) is 2.45. The van der Waals surface area contributed by atoms with Crippen LogP contribution in [-0.2, 0) is 14.3 Å². The first-order valence-electron chi connectivity index (χ1n) is 7.04. The lowest BCUT2D eigenvalue weighted by molar-refractivity contribution is -0.149. The average molecular weight is 322 g/mol. The maximum absolute atomic E-state index is 13.4. The second-order valence-corrected chi connectivity index (χ2v) is 5.05. The second-order valence-electron chi connectivity index (χ2n) is 5.05. The lowest BCUT2D eigenvalue weighted by Gasteiger charge is -2.13. The number of nitrogens with one attached hydrogen (secondary N) is 2. The number of hydrogen-bond donors (Lipinski definition) is 2. The Morgan fingerprint density at radius 2 is 1.83 bits per heavy atom. The standard InChI is InChI=1S/C16H19FN2O4/c1-10(2)18-16(22)19-15(21)11(3)23-14(20)9-8-12-6-4-5-7-13(12)17/h4-11H,1-3H3,(H2,18,19,21,22)/b9-8+/t11-/m0/s1. The summed E-state index contributed by atoms with van der Waals surface area (Å²) in [5, 5.41) is 4.52. The molecule has 0 fully saturated rings. The van der Waals surface area contributed by atoms with Crippen molar-refractivity contribution in [2.24, 2.45) is 0 Å². The minimum atomic E-state index is -1.16. The van der Waals surface area contributed by atoms with E-state index in [4.69, 9.17) is 4.74 Å². The summed E-state index contributed by atoms with van der Waals surface area (Å²) >= 11 is 0. The van der Waals surface area contributed by atoms with Gasteiger partial charge in [-0.15, -0.1) is 0 Å². The molecule has 1 aromatic rings. The van der Waals surface area contributed by atoms with Crippen LogP contribution in [0.2, 0.25) is 0 Å². The summed E-state index contributed by atoms with van der Waals surface area (Å²) in [6.07, 6.45) is 1.09. The highest BCUT2D eigenvalue weighted by Crippen LogP contribution is 2.08. The molecular weight excluding hydrogens is 303 g/mol. The molecule has 0 saturated heterocycles. The van der Waals surface area contributed by atoms with Gasteiger partial charge in [0, 0.05) is 17.7 Å². The molecule has 0 heterocycles. The summed E-state index contributed by atoms with van der Waals surface area (Å²) < 4.78 is 18.2. The topological polar surface area (TPSA) is 84.5 Å². The first-order chi connectivity index (χ1) is 10.8. The Labute approximate surface area is 133 Å². The highest BCUT2D eigenvalue weighted by Gasteiger charge is 2.19. The van der Waals surface area contributed by atoms with Crippen LogP contribution < -0.4 is 10.6 Å². The van der Waals surface area contributed by atoms with E-state index < -0.39 is 29.8 Å². The van der Waals surface area contributed by atoms with Crippen molar-refractivity contribution in [2.45, 2.75) is 32.9 Å². The zero-order valence-electron chi connectivity index (χ0n) is 13.1. The predicted molar refractivity (Wildman–Crippen MR) is 82.8 cm³/mol. The fraction of sp³-hybridized carbons (Fsp3) is 0.312. The van der Waals surface area contributed by atoms with Crippen LogP contribution in [0.3, 0.4) is 0 Å². The van der Waals surface area contributed by atoms with Gasteiger partial charge in [-0.3, -0.25) is 10.1 Å². The van der Waals surface area contributed by atoms with Crippen LogP contribution in [0.4, 0.5) is 9.18 Å². The van der Waals surface area contributed by atoms with E-state index in [-0.39, 0.29) is 11.6 Å². The maximum Gasteiger partial charge on any atom is 0.331 e. The number of amides is 3. The van der Waals surface area contributed by atoms with E-state index in [9.17, 15) is 18.8 Å². The summed E-state index contributed by atoms with van der Waals surface area (Å²) in [6, 6.07) is 5.09. The lowest BCUT2D eigenvalue weighted by atomic mass is 10.2. The molecular formula is C16H19FN2O4. The van der Waals surface area contributed by atoms with Gasteiger partial charge in [0.05, 0.1) is 0 Å². The van der Waals surface area contributed by atoms with E-state index in [0.717, 1.165) is 6.08 Å². The van der Waals surface area contributed by atoms with Crippen molar-refractivity contribution in [3.8, 4) is 0 Å². The third-order valence-corrected chi connectivity index (χ3v) is 2.62. The Morgan fingerprint density at radius 1 is 1.17 bits per heavy atom. The van der Waals surface area contributed by atoms with Gasteiger partial charge < -0.3 is 10.1 Å². The minimum absolute atomic E-state index is 0.135. The highest BCUT2D eigenvalue weighted by atomic mass is 19.1. The number of hydrogen-bond acceptors (Lipinski definition) is 4. The molecule has 1 aromatic carbocycles. The molecule has 0 saturated carbocycles. The molecule has 0 bridgehead atoms. The molecule has 0 unspecified atom stereocenters. The zero-order valence-corrected chi connectivity index (χ0v) is 13.1. The number of imide groups is 1. The third-order valence-electron chi connectivity index (χ3n) is 2.62. The zero-order chi connectivity index (χ0) is 17.4. The summed E-state index contributed by atoms with van der Waals surface area (Å²) in [5.41, 5.74) is 0.220. The van der Waals surface area contributed by atoms with Crippen molar-refractivity contribution in [2.75, 3.05) is 0 Å². The Bertz CT molecular complexity index is 614. The molecule has 0 aliphatic carbocycles. The van der Waals surface area contributed by atoms with Crippen LogP contribution in [0.5, 0.6) is 0 Å². The van der Waals surface area contributed by atoms with E-state index >= 15 is 0 Å². The number of carbonyl (C=O) groups is 3. The van der Waals surface area contributed by atoms with E-state index in [0.29, 0.717) is 0 Å². The van der Waals surface area contributed by atoms with Crippen molar-refractivity contribution in [3.05, 3.63) is 41.7 Å². The van der Waals surface area contributed by atoms with Crippen molar-refractivity contribution in [1.29, 1.82) is 0 Å². The van der Waals surface area contributed by atoms with Gasteiger partial charge in [-0.2, -0.15) is 0 Å². The van der Waals surface area contributed by atoms with Crippen LogP contribution in [0, 0.1) is 5.82 Å². The number of esters is 1. The van der Waals surface area contributed by atoms with E-state index in [1.54, 1.807) is 19.9 Å². The third kappa shape index (κ3) is 6.73. The molecule has 1 atom stereocenters. The van der Waals surface area contributed by atoms with Crippen molar-refractivity contribution < 1.29 is 23.5 Å². The minimum Gasteiger partial charge on any atom is -0.449 e. The first-order valence-corrected chi connectivity index (χ1v) is 7.04. The van der Waals surface area contributed by atoms with Crippen LogP contribution in [0.15, 0.2) is 30.3 Å². The molecule has 23 heavy (non-hydrogen) atoms. The Kier molecular flexibility index (Phi) is 6.92. The van der Waals surface area contributed by atoms with Gasteiger partial charge in [0.1, 0.15) is 5.82 Å². The largest absolute Gasteiger partial charge is 0.449 e. The Morgan fingerprint density at radius 3 is 2.43 bits per heavy atom. The molecule has 2 N–H and O–H groups in total. The lowest BCUT2D eigenvalue weighted by Crippen LogP contribution is -2.46. The van der Waals surface area contributed by atoms with Crippen molar-refractivity contribution >= 4 is 24.0 Å². The predicted octanol–water partition coefficient (Wildman–Crippen LogP) is 2.00. The summed E-state index contributed by atoms with van der Waals surface area (Å²) in [7, 11) is 0. The van der Waals surface area contributed by atoms with Crippen LogP contribution >= 0.6 is 0 Å². The first kappa shape index (κ1) is 18.3. The van der Waals surface area contributed by atoms with E-state index in [1.165, 1.54) is 31.2 Å². The van der Waals surface area contributed by atoms with Crippen molar-refractivity contribution in [1.82, 2.24) is 10.6 Å². The highest BCUT2D eigenvalue weighted by molar-refractivity contribution is 5.98. The van der Waals surface area contributed by atoms with Crippen molar-refractivity contribution in [3.63, 3.8) is 0 Å². The number of carbonyl (C=O) groups excluding carboxylic acids is 3. The molecule has 0 aliphatic rings. The van der Waals surface area contributed by atoms with Crippen LogP contribution in [0.25, 0.3) is 6.08 Å². The van der Waals surface area contributed by atoms with Gasteiger partial charge in [0.25, 0.3) is 5.91 Å². The number of rotatable bonds is 5. The smallest absolute Gasteiger partial charge is 0.331 e. The quantitative estimate of drug-likeness (QED) is 0.641. The second kappa shape index (κ2) is 8.67. The van der Waals surface area contributed by atoms with Gasteiger partial charge in [-0.25, -0.2) is 14.0 Å². The summed E-state index contributed by atoms with van der Waals surface area (Å²) in [6.45, 7) is 4.80. The van der Waals surface area contributed by atoms with Crippen LogP contribution in [-0.4, -0.2) is 30.1 Å². The monoisotopic (exact) mass is 322 g/mol. The van der Waals surface area contributed by atoms with Gasteiger partial charge >= 0.3 is 12.0 Å². The summed E-state index contributed by atoms with van der Waals surface area (Å²) in [4.78, 5) is 34.6. The molecule has 0 radical (unpaired) electrons. The molecule has 3 amide bonds. The van der Waals surface area contributed by atoms with E-state index in [2.05, 4.69) is 5.32 Å². The molecule has 0 spiro atoms. The fourth-order valence-corrected chi connectivity index (χ4v) is 1.55. The van der Waals surface area contributed by atoms with Gasteiger partial charge in [-0.1, -0.05) is 18.2 Å². The summed E-state index contributed by atoms with van der Waals surface area (Å²) in [5.74, 6) is -2.05. The SMILES string of the molecule is CC(C)NC(=O)NC(=O)[C@H](C)OC(=O)/C=C/c1ccccc1F. The maximum atomic E-state index is 13.4. The molecule has 0 aliphatic heterocycles. The number of halogens is 1.